The first-order chi connectivity index (χ1) is 20.1. The molecule has 1 atom stereocenters. The molecule has 0 radical (unpaired) electrons. The number of aliphatic carboxylic acids is 1. The monoisotopic (exact) mass is 597 g/mol. The topological polar surface area (TPSA) is 88.8 Å². The quantitative estimate of drug-likeness (QED) is 0.175. The molecule has 0 aliphatic heterocycles. The van der Waals surface area contributed by atoms with Gasteiger partial charge in [0.1, 0.15) is 24.2 Å². The third kappa shape index (κ3) is 7.83. The summed E-state index contributed by atoms with van der Waals surface area (Å²) in [6.45, 7) is 2.25. The first kappa shape index (κ1) is 30.9. The molecular weight excluding hydrogens is 567 g/mol. The fourth-order valence-corrected chi connectivity index (χ4v) is 4.88. The molecule has 0 aliphatic carbocycles. The van der Waals surface area contributed by atoms with E-state index in [9.17, 15) is 27.9 Å². The summed E-state index contributed by atoms with van der Waals surface area (Å²) < 4.78 is 50.2. The lowest BCUT2D eigenvalue weighted by atomic mass is 9.93. The summed E-state index contributed by atoms with van der Waals surface area (Å²) in [4.78, 5) is 25.0. The lowest BCUT2D eigenvalue weighted by Crippen LogP contribution is -2.41. The Morgan fingerprint density at radius 2 is 1.71 bits per heavy atom. The standard InChI is InChI=1S/C32H30F3NO5S/c1-20-5-3-4-6-25(20)27-17-21(7-13-26(27)30(37)36-28(31(38)39)15-16-42-2)18-40-19-24-12-14-29(41-24)22-8-10-23(11-9-22)32(33,34)35/h3-14,17,28H,15-16,18-19H2,1-2H3,(H,36,37)(H,38,39)/t28-/m0/s1. The van der Waals surface area contributed by atoms with Crippen LogP contribution in [0.2, 0.25) is 0 Å². The third-order valence-electron chi connectivity index (χ3n) is 6.65. The number of carbonyl (C=O) groups excluding carboxylic acids is 1. The number of hydrogen-bond donors (Lipinski definition) is 2. The van der Waals surface area contributed by atoms with E-state index in [4.69, 9.17) is 9.15 Å². The lowest BCUT2D eigenvalue weighted by Gasteiger charge is -2.17. The molecule has 1 amide bonds. The minimum atomic E-state index is -4.41. The van der Waals surface area contributed by atoms with E-state index in [0.717, 1.165) is 28.8 Å². The van der Waals surface area contributed by atoms with Gasteiger partial charge < -0.3 is 19.6 Å². The van der Waals surface area contributed by atoms with Gasteiger partial charge in [-0.3, -0.25) is 4.79 Å². The SMILES string of the molecule is CSCC[C@H](NC(=O)c1ccc(COCc2ccc(-c3ccc(C(F)(F)F)cc3)o2)cc1-c1ccccc1C)C(=O)O. The minimum absolute atomic E-state index is 0.123. The van der Waals surface area contributed by atoms with Crippen LogP contribution >= 0.6 is 11.8 Å². The van der Waals surface area contributed by atoms with Crippen molar-refractivity contribution in [2.75, 3.05) is 12.0 Å². The van der Waals surface area contributed by atoms with Crippen molar-refractivity contribution >= 4 is 23.6 Å². The molecule has 0 aliphatic rings. The molecule has 0 saturated carbocycles. The molecule has 4 rings (SSSR count). The summed E-state index contributed by atoms with van der Waals surface area (Å²) in [5.41, 5.74) is 3.38. The van der Waals surface area contributed by atoms with Crippen LogP contribution in [0.25, 0.3) is 22.5 Å². The third-order valence-corrected chi connectivity index (χ3v) is 7.29. The molecule has 4 aromatic rings. The summed E-state index contributed by atoms with van der Waals surface area (Å²) in [5.74, 6) is -0.0266. The summed E-state index contributed by atoms with van der Waals surface area (Å²) in [5, 5.41) is 12.2. The summed E-state index contributed by atoms with van der Waals surface area (Å²) >= 11 is 1.51. The van der Waals surface area contributed by atoms with Gasteiger partial charge >= 0.3 is 12.1 Å². The van der Waals surface area contributed by atoms with E-state index >= 15 is 0 Å². The molecule has 0 spiro atoms. The van der Waals surface area contributed by atoms with Crippen LogP contribution in [0.3, 0.4) is 0 Å². The second kappa shape index (κ2) is 13.8. The van der Waals surface area contributed by atoms with Gasteiger partial charge in [0.2, 0.25) is 0 Å². The van der Waals surface area contributed by atoms with Gasteiger partial charge in [0, 0.05) is 11.1 Å². The van der Waals surface area contributed by atoms with Crippen LogP contribution in [0.1, 0.15) is 39.2 Å². The Morgan fingerprint density at radius 1 is 0.976 bits per heavy atom. The number of nitrogens with one attached hydrogen (secondary N) is 1. The molecule has 220 valence electrons. The Labute approximate surface area is 245 Å². The van der Waals surface area contributed by atoms with Gasteiger partial charge in [0.05, 0.1) is 12.2 Å². The number of carboxylic acids is 1. The number of benzene rings is 3. The number of alkyl halides is 3. The Balaban J connectivity index is 1.48. The molecule has 1 heterocycles. The van der Waals surface area contributed by atoms with Gasteiger partial charge in [0.15, 0.2) is 0 Å². The Morgan fingerprint density at radius 3 is 2.38 bits per heavy atom. The van der Waals surface area contributed by atoms with Crippen molar-refractivity contribution in [2.24, 2.45) is 0 Å². The summed E-state index contributed by atoms with van der Waals surface area (Å²) in [6, 6.07) is 20.0. The summed E-state index contributed by atoms with van der Waals surface area (Å²) in [7, 11) is 0. The fraction of sp³-hybridized carbons (Fsp3) is 0.250. The van der Waals surface area contributed by atoms with Crippen molar-refractivity contribution in [3.63, 3.8) is 0 Å². The van der Waals surface area contributed by atoms with Gasteiger partial charge in [-0.25, -0.2) is 4.79 Å². The average molecular weight is 598 g/mol. The van der Waals surface area contributed by atoms with Crippen molar-refractivity contribution in [2.45, 2.75) is 38.8 Å². The van der Waals surface area contributed by atoms with Crippen LogP contribution in [0.4, 0.5) is 13.2 Å². The van der Waals surface area contributed by atoms with Crippen molar-refractivity contribution in [1.82, 2.24) is 5.32 Å². The predicted molar refractivity (Wildman–Crippen MR) is 156 cm³/mol. The normalized spacial score (nSPS) is 12.2. The maximum atomic E-state index is 13.2. The van der Waals surface area contributed by atoms with Crippen LogP contribution in [-0.2, 0) is 28.9 Å². The number of hydrogen-bond acceptors (Lipinski definition) is 5. The number of halogens is 3. The van der Waals surface area contributed by atoms with Crippen molar-refractivity contribution in [3.05, 3.63) is 107 Å². The molecule has 1 aromatic heterocycles. The zero-order valence-corrected chi connectivity index (χ0v) is 23.9. The molecule has 0 saturated heterocycles. The zero-order chi connectivity index (χ0) is 30.3. The first-order valence-electron chi connectivity index (χ1n) is 13.1. The molecule has 2 N–H and O–H groups in total. The number of amides is 1. The molecule has 0 fully saturated rings. The molecular formula is C32H30F3NO5S. The van der Waals surface area contributed by atoms with Gasteiger partial charge in [-0.2, -0.15) is 24.9 Å². The Hall–Kier alpha value is -4.02. The molecule has 6 nitrogen and oxygen atoms in total. The van der Waals surface area contributed by atoms with Crippen molar-refractivity contribution < 1.29 is 37.0 Å². The van der Waals surface area contributed by atoms with E-state index in [-0.39, 0.29) is 13.2 Å². The van der Waals surface area contributed by atoms with Gasteiger partial charge in [0.25, 0.3) is 5.91 Å². The number of thioether (sulfide) groups is 1. The van der Waals surface area contributed by atoms with Crippen LogP contribution < -0.4 is 5.32 Å². The molecule has 0 bridgehead atoms. The number of ether oxygens (including phenoxy) is 1. The lowest BCUT2D eigenvalue weighted by molar-refractivity contribution is -0.139. The highest BCUT2D eigenvalue weighted by Crippen LogP contribution is 2.32. The second-order valence-electron chi connectivity index (χ2n) is 9.67. The number of furan rings is 1. The smallest absolute Gasteiger partial charge is 0.416 e. The van der Waals surface area contributed by atoms with E-state index < -0.39 is 29.7 Å². The largest absolute Gasteiger partial charge is 0.480 e. The maximum Gasteiger partial charge on any atom is 0.416 e. The van der Waals surface area contributed by atoms with Crippen molar-refractivity contribution in [3.8, 4) is 22.5 Å². The van der Waals surface area contributed by atoms with Crippen LogP contribution in [0, 0.1) is 6.92 Å². The second-order valence-corrected chi connectivity index (χ2v) is 10.7. The number of carbonyl (C=O) groups is 2. The molecule has 10 heteroatoms. The average Bonchev–Trinajstić information content (AvgIpc) is 3.44. The van der Waals surface area contributed by atoms with Crippen molar-refractivity contribution in [1.29, 1.82) is 0 Å². The van der Waals surface area contributed by atoms with E-state index in [1.165, 1.54) is 23.9 Å². The zero-order valence-electron chi connectivity index (χ0n) is 23.0. The highest BCUT2D eigenvalue weighted by atomic mass is 32.2. The Kier molecular flexibility index (Phi) is 10.1. The number of carboxylic acid groups (broad SMARTS) is 1. The van der Waals surface area contributed by atoms with Gasteiger partial charge in [-0.15, -0.1) is 0 Å². The number of aryl methyl sites for hydroxylation is 1. The molecule has 0 unspecified atom stereocenters. The Bertz CT molecular complexity index is 1530. The van der Waals surface area contributed by atoms with E-state index in [1.54, 1.807) is 24.3 Å². The summed E-state index contributed by atoms with van der Waals surface area (Å²) in [6.07, 6.45) is -2.22. The van der Waals surface area contributed by atoms with E-state index in [2.05, 4.69) is 5.32 Å². The van der Waals surface area contributed by atoms with E-state index in [1.807, 2.05) is 43.5 Å². The van der Waals surface area contributed by atoms with Crippen LogP contribution in [0.5, 0.6) is 0 Å². The molecule has 3 aromatic carbocycles. The molecule has 42 heavy (non-hydrogen) atoms. The number of rotatable bonds is 12. The fourth-order valence-electron chi connectivity index (χ4n) is 4.41. The van der Waals surface area contributed by atoms with Crippen LogP contribution in [0.15, 0.2) is 83.3 Å². The minimum Gasteiger partial charge on any atom is -0.480 e. The predicted octanol–water partition coefficient (Wildman–Crippen LogP) is 7.59. The highest BCUT2D eigenvalue weighted by Gasteiger charge is 2.30. The van der Waals surface area contributed by atoms with Crippen LogP contribution in [-0.4, -0.2) is 35.0 Å². The highest BCUT2D eigenvalue weighted by molar-refractivity contribution is 7.98. The van der Waals surface area contributed by atoms with Gasteiger partial charge in [-0.05, 0) is 84.0 Å². The first-order valence-corrected chi connectivity index (χ1v) is 14.5. The van der Waals surface area contributed by atoms with E-state index in [0.29, 0.717) is 40.4 Å². The maximum absolute atomic E-state index is 13.2. The van der Waals surface area contributed by atoms with Gasteiger partial charge in [-0.1, -0.05) is 42.5 Å².